The maximum absolute atomic E-state index is 12.6. The van der Waals surface area contributed by atoms with Crippen molar-refractivity contribution in [1.29, 1.82) is 0 Å². The summed E-state index contributed by atoms with van der Waals surface area (Å²) in [7, 11) is 1.51. The summed E-state index contributed by atoms with van der Waals surface area (Å²) in [6.07, 6.45) is 6.12. The average Bonchev–Trinajstić information content (AvgIpc) is 2.61. The topological polar surface area (TPSA) is 57.9 Å². The molecule has 158 valence electrons. The van der Waals surface area contributed by atoms with Gasteiger partial charge in [-0.05, 0) is 72.6 Å². The fourth-order valence-electron chi connectivity index (χ4n) is 2.85. The number of allylic oxidation sites excluding steroid dienone is 3. The molecule has 2 aromatic rings. The first-order valence-electron chi connectivity index (χ1n) is 9.87. The van der Waals surface area contributed by atoms with Gasteiger partial charge in [0, 0.05) is 0 Å². The molecule has 1 aromatic carbocycles. The largest absolute Gasteiger partial charge is 0.492 e. The van der Waals surface area contributed by atoms with Crippen LogP contribution < -0.4 is 19.8 Å². The van der Waals surface area contributed by atoms with Crippen LogP contribution in [0, 0.1) is 0 Å². The van der Waals surface area contributed by atoms with Gasteiger partial charge in [0.1, 0.15) is 12.2 Å². The number of ether oxygens (including phenoxy) is 3. The molecule has 0 bridgehead atoms. The first kappa shape index (κ1) is 22.6. The minimum Gasteiger partial charge on any atom is -0.492 e. The van der Waals surface area contributed by atoms with Crippen LogP contribution in [-0.2, 0) is 0 Å². The van der Waals surface area contributed by atoms with Crippen molar-refractivity contribution in [3.63, 3.8) is 0 Å². The van der Waals surface area contributed by atoms with Crippen LogP contribution in [0.15, 0.2) is 50.7 Å². The number of benzene rings is 1. The van der Waals surface area contributed by atoms with E-state index >= 15 is 0 Å². The molecule has 0 fully saturated rings. The van der Waals surface area contributed by atoms with Crippen molar-refractivity contribution in [3.8, 4) is 17.2 Å². The third-order valence-corrected chi connectivity index (χ3v) is 4.18. The zero-order chi connectivity index (χ0) is 21.6. The lowest BCUT2D eigenvalue weighted by Crippen LogP contribution is -2.23. The second kappa shape index (κ2) is 9.68. The van der Waals surface area contributed by atoms with Gasteiger partial charge >= 0.3 is 5.63 Å². The van der Waals surface area contributed by atoms with Gasteiger partial charge in [-0.2, -0.15) is 0 Å². The van der Waals surface area contributed by atoms with Crippen LogP contribution in [0.2, 0.25) is 0 Å². The van der Waals surface area contributed by atoms with E-state index in [1.54, 1.807) is 6.07 Å². The van der Waals surface area contributed by atoms with Gasteiger partial charge < -0.3 is 18.6 Å². The summed E-state index contributed by atoms with van der Waals surface area (Å²) in [6.45, 7) is 12.3. The van der Waals surface area contributed by atoms with Gasteiger partial charge in [-0.25, -0.2) is 4.79 Å². The van der Waals surface area contributed by atoms with Crippen LogP contribution >= 0.6 is 0 Å². The summed E-state index contributed by atoms with van der Waals surface area (Å²) in [5.41, 5.74) is 1.85. The number of hydrogen-bond donors (Lipinski definition) is 0. The molecule has 0 amide bonds. The zero-order valence-corrected chi connectivity index (χ0v) is 18.5. The van der Waals surface area contributed by atoms with E-state index in [2.05, 4.69) is 26.8 Å². The predicted octanol–water partition coefficient (Wildman–Crippen LogP) is 6.05. The molecular weight excluding hydrogens is 368 g/mol. The van der Waals surface area contributed by atoms with Crippen LogP contribution in [0.5, 0.6) is 17.2 Å². The van der Waals surface area contributed by atoms with Gasteiger partial charge in [0.2, 0.25) is 5.75 Å². The van der Waals surface area contributed by atoms with Crippen LogP contribution in [0.1, 0.15) is 54.4 Å². The second-order valence-corrected chi connectivity index (χ2v) is 8.28. The van der Waals surface area contributed by atoms with Crippen molar-refractivity contribution in [2.24, 2.45) is 0 Å². The molecule has 0 unspecified atom stereocenters. The van der Waals surface area contributed by atoms with E-state index in [1.165, 1.54) is 18.3 Å². The summed E-state index contributed by atoms with van der Waals surface area (Å²) < 4.78 is 22.7. The van der Waals surface area contributed by atoms with E-state index in [9.17, 15) is 4.79 Å². The predicted molar refractivity (Wildman–Crippen MR) is 117 cm³/mol. The lowest BCUT2D eigenvalue weighted by molar-refractivity contribution is 0.131. The SMILES string of the molecule is COc1c(OCC=C(C)CCC=C(C)C)c(=O)oc2c(OC(C)(C)C)cccc12. The Bertz CT molecular complexity index is 954. The third kappa shape index (κ3) is 6.41. The van der Waals surface area contributed by atoms with Gasteiger partial charge in [0.05, 0.1) is 12.5 Å². The molecule has 2 rings (SSSR count). The Hall–Kier alpha value is -2.69. The molecule has 0 aliphatic carbocycles. The summed E-state index contributed by atoms with van der Waals surface area (Å²) >= 11 is 0. The Morgan fingerprint density at radius 3 is 2.45 bits per heavy atom. The minimum atomic E-state index is -0.588. The molecule has 1 aromatic heterocycles. The van der Waals surface area contributed by atoms with Gasteiger partial charge in [0.15, 0.2) is 17.1 Å². The smallest absolute Gasteiger partial charge is 0.383 e. The Labute approximate surface area is 173 Å². The fraction of sp³-hybridized carbons (Fsp3) is 0.458. The van der Waals surface area contributed by atoms with Crippen molar-refractivity contribution in [2.75, 3.05) is 13.7 Å². The van der Waals surface area contributed by atoms with E-state index in [-0.39, 0.29) is 12.4 Å². The summed E-state index contributed by atoms with van der Waals surface area (Å²) in [6, 6.07) is 5.43. The van der Waals surface area contributed by atoms with Crippen LogP contribution in [0.25, 0.3) is 11.0 Å². The Balaban J connectivity index is 2.29. The van der Waals surface area contributed by atoms with E-state index in [0.29, 0.717) is 22.5 Å². The van der Waals surface area contributed by atoms with E-state index < -0.39 is 11.2 Å². The summed E-state index contributed by atoms with van der Waals surface area (Å²) in [4.78, 5) is 12.6. The number of methoxy groups -OCH3 is 1. The zero-order valence-electron chi connectivity index (χ0n) is 18.5. The van der Waals surface area contributed by atoms with Gasteiger partial charge in [-0.1, -0.05) is 23.3 Å². The molecule has 29 heavy (non-hydrogen) atoms. The van der Waals surface area contributed by atoms with Crippen molar-refractivity contribution >= 4 is 11.0 Å². The van der Waals surface area contributed by atoms with Crippen LogP contribution in [-0.4, -0.2) is 19.3 Å². The Kier molecular flexibility index (Phi) is 7.54. The molecule has 0 saturated carbocycles. The van der Waals surface area contributed by atoms with Gasteiger partial charge in [0.25, 0.3) is 0 Å². The molecule has 0 atom stereocenters. The maximum atomic E-state index is 12.6. The van der Waals surface area contributed by atoms with E-state index in [0.717, 1.165) is 12.8 Å². The average molecular weight is 401 g/mol. The molecule has 0 saturated heterocycles. The number of para-hydroxylation sites is 1. The maximum Gasteiger partial charge on any atom is 0.383 e. The Morgan fingerprint density at radius 1 is 1.10 bits per heavy atom. The number of rotatable bonds is 8. The van der Waals surface area contributed by atoms with Crippen LogP contribution in [0.3, 0.4) is 0 Å². The van der Waals surface area contributed by atoms with Crippen LogP contribution in [0.4, 0.5) is 0 Å². The number of fused-ring (bicyclic) bond motifs is 1. The van der Waals surface area contributed by atoms with Gasteiger partial charge in [-0.3, -0.25) is 0 Å². The van der Waals surface area contributed by atoms with Crippen molar-refractivity contribution in [1.82, 2.24) is 0 Å². The first-order valence-corrected chi connectivity index (χ1v) is 9.87. The highest BCUT2D eigenvalue weighted by Crippen LogP contribution is 2.37. The Morgan fingerprint density at radius 2 is 1.83 bits per heavy atom. The fourth-order valence-corrected chi connectivity index (χ4v) is 2.85. The lowest BCUT2D eigenvalue weighted by atomic mass is 10.1. The van der Waals surface area contributed by atoms with Crippen molar-refractivity contribution in [3.05, 3.63) is 51.9 Å². The molecule has 0 spiro atoms. The molecule has 5 nitrogen and oxygen atoms in total. The normalized spacial score (nSPS) is 12.0. The second-order valence-electron chi connectivity index (χ2n) is 8.28. The van der Waals surface area contributed by atoms with Gasteiger partial charge in [-0.15, -0.1) is 0 Å². The molecule has 0 aliphatic rings. The van der Waals surface area contributed by atoms with Crippen molar-refractivity contribution in [2.45, 2.75) is 60.0 Å². The highest BCUT2D eigenvalue weighted by molar-refractivity contribution is 5.89. The lowest BCUT2D eigenvalue weighted by Gasteiger charge is -2.22. The van der Waals surface area contributed by atoms with Crippen molar-refractivity contribution < 1.29 is 18.6 Å². The highest BCUT2D eigenvalue weighted by Gasteiger charge is 2.21. The molecule has 0 N–H and O–H groups in total. The quantitative estimate of drug-likeness (QED) is 0.399. The molecule has 1 heterocycles. The monoisotopic (exact) mass is 400 g/mol. The van der Waals surface area contributed by atoms with E-state index in [1.807, 2.05) is 39.0 Å². The molecule has 5 heteroatoms. The van der Waals surface area contributed by atoms with E-state index in [4.69, 9.17) is 18.6 Å². The highest BCUT2D eigenvalue weighted by atomic mass is 16.5. The summed E-state index contributed by atoms with van der Waals surface area (Å²) in [5, 5.41) is 0.633. The molecule has 0 radical (unpaired) electrons. The molecule has 0 aliphatic heterocycles. The number of hydrogen-bond acceptors (Lipinski definition) is 5. The molecular formula is C24H32O5. The first-order chi connectivity index (χ1) is 13.6. The third-order valence-electron chi connectivity index (χ3n) is 4.18. The minimum absolute atomic E-state index is 0.0706. The summed E-state index contributed by atoms with van der Waals surface area (Å²) in [5.74, 6) is 0.916. The standard InChI is InChI=1S/C24H32O5/c1-16(2)10-8-11-17(3)14-15-27-22-21(26-7)18-12-9-13-19(29-24(4,5)6)20(18)28-23(22)25/h9-10,12-14H,8,11,15H2,1-7H3.